The molecule has 1 saturated heterocycles. The van der Waals surface area contributed by atoms with E-state index in [4.69, 9.17) is 4.74 Å². The van der Waals surface area contributed by atoms with Crippen molar-refractivity contribution in [3.63, 3.8) is 0 Å². The monoisotopic (exact) mass is 526 g/mol. The van der Waals surface area contributed by atoms with Gasteiger partial charge in [0.05, 0.1) is 24.6 Å². The molecule has 10 heteroatoms. The van der Waals surface area contributed by atoms with Crippen LogP contribution in [0.15, 0.2) is 59.7 Å². The fraction of sp³-hybridized carbons (Fsp3) is 0.333. The average Bonchev–Trinajstić information content (AvgIpc) is 3.40. The number of hydrogen-bond acceptors (Lipinski definition) is 6. The second-order valence-corrected chi connectivity index (χ2v) is 8.79. The first-order chi connectivity index (χ1) is 16.5. The molecule has 0 spiro atoms. The van der Waals surface area contributed by atoms with E-state index in [1.54, 1.807) is 38.0 Å². The first kappa shape index (κ1) is 23.7. The zero-order valence-corrected chi connectivity index (χ0v) is 20.6. The summed E-state index contributed by atoms with van der Waals surface area (Å²) >= 11 is 3.46. The smallest absolute Gasteiger partial charge is 0.255 e. The molecule has 3 aromatic rings. The van der Waals surface area contributed by atoms with E-state index in [9.17, 15) is 9.59 Å². The summed E-state index contributed by atoms with van der Waals surface area (Å²) in [6.45, 7) is 3.89. The summed E-state index contributed by atoms with van der Waals surface area (Å²) in [6, 6.07) is 9.04. The Labute approximate surface area is 206 Å². The van der Waals surface area contributed by atoms with Gasteiger partial charge in [-0.2, -0.15) is 0 Å². The Morgan fingerprint density at radius 1 is 1.15 bits per heavy atom. The van der Waals surface area contributed by atoms with E-state index in [2.05, 4.69) is 36.1 Å². The molecule has 2 amide bonds. The average molecular weight is 527 g/mol. The second kappa shape index (κ2) is 11.1. The van der Waals surface area contributed by atoms with Gasteiger partial charge in [-0.15, -0.1) is 0 Å². The van der Waals surface area contributed by atoms with E-state index in [1.165, 1.54) is 0 Å². The first-order valence-electron chi connectivity index (χ1n) is 11.1. The molecule has 0 radical (unpaired) electrons. The lowest BCUT2D eigenvalue weighted by Gasteiger charge is -2.35. The molecule has 1 aromatic carbocycles. The van der Waals surface area contributed by atoms with Gasteiger partial charge in [0, 0.05) is 62.3 Å². The highest BCUT2D eigenvalue weighted by Gasteiger charge is 2.24. The molecule has 0 atom stereocenters. The summed E-state index contributed by atoms with van der Waals surface area (Å²) in [5.41, 5.74) is 1.12. The van der Waals surface area contributed by atoms with Crippen LogP contribution < -0.4 is 15.0 Å². The molecule has 0 aliphatic carbocycles. The van der Waals surface area contributed by atoms with Gasteiger partial charge in [-0.25, -0.2) is 9.97 Å². The number of carbonyl (C=O) groups is 2. The van der Waals surface area contributed by atoms with E-state index in [0.29, 0.717) is 49.6 Å². The number of piperazine rings is 1. The number of carbonyl (C=O) groups excluding carboxylic acids is 2. The largest absolute Gasteiger partial charge is 0.497 e. The minimum Gasteiger partial charge on any atom is -0.497 e. The number of rotatable bonds is 8. The number of methoxy groups -OCH3 is 1. The van der Waals surface area contributed by atoms with Crippen LogP contribution >= 0.6 is 15.9 Å². The number of hydrogen-bond donors (Lipinski definition) is 1. The van der Waals surface area contributed by atoms with Crippen molar-refractivity contribution in [3.8, 4) is 5.75 Å². The Kier molecular flexibility index (Phi) is 7.79. The molecule has 0 bridgehead atoms. The molecule has 4 rings (SSSR count). The van der Waals surface area contributed by atoms with Crippen LogP contribution in [-0.2, 0) is 6.54 Å². The maximum Gasteiger partial charge on any atom is 0.255 e. The van der Waals surface area contributed by atoms with Gasteiger partial charge in [0.2, 0.25) is 0 Å². The predicted octanol–water partition coefficient (Wildman–Crippen LogP) is 2.83. The van der Waals surface area contributed by atoms with Crippen molar-refractivity contribution in [2.45, 2.75) is 13.0 Å². The van der Waals surface area contributed by atoms with Crippen molar-refractivity contribution in [1.82, 2.24) is 24.8 Å². The van der Waals surface area contributed by atoms with Gasteiger partial charge in [0.1, 0.15) is 11.6 Å². The lowest BCUT2D eigenvalue weighted by Crippen LogP contribution is -2.49. The third-order valence-corrected chi connectivity index (χ3v) is 6.43. The van der Waals surface area contributed by atoms with Crippen LogP contribution in [0.4, 0.5) is 5.82 Å². The van der Waals surface area contributed by atoms with Gasteiger partial charge in [0.25, 0.3) is 11.8 Å². The van der Waals surface area contributed by atoms with Gasteiger partial charge < -0.3 is 24.4 Å². The van der Waals surface area contributed by atoms with Crippen molar-refractivity contribution >= 4 is 33.6 Å². The van der Waals surface area contributed by atoms with E-state index in [1.807, 2.05) is 33.9 Å². The molecule has 178 valence electrons. The van der Waals surface area contributed by atoms with Gasteiger partial charge in [-0.3, -0.25) is 9.59 Å². The fourth-order valence-electron chi connectivity index (χ4n) is 3.80. The highest BCUT2D eigenvalue weighted by molar-refractivity contribution is 9.10. The lowest BCUT2D eigenvalue weighted by molar-refractivity contribution is 0.0745. The number of imidazole rings is 1. The summed E-state index contributed by atoms with van der Waals surface area (Å²) in [5, 5.41) is 2.92. The number of aryl methyl sites for hydroxylation is 1. The SMILES string of the molecule is COc1ccc(Br)c(C(=O)N2CCN(c3ccc(C(=O)NCCCn4ccnc4)cn3)CC2)c1. The normalized spacial score (nSPS) is 13.6. The topological polar surface area (TPSA) is 92.6 Å². The quantitative estimate of drug-likeness (QED) is 0.453. The first-order valence-corrected chi connectivity index (χ1v) is 11.9. The zero-order valence-electron chi connectivity index (χ0n) is 19.0. The number of nitrogens with zero attached hydrogens (tertiary/aromatic N) is 5. The van der Waals surface area contributed by atoms with Gasteiger partial charge in [-0.1, -0.05) is 0 Å². The molecular formula is C24H27BrN6O3. The second-order valence-electron chi connectivity index (χ2n) is 7.94. The Morgan fingerprint density at radius 2 is 1.97 bits per heavy atom. The number of pyridine rings is 1. The lowest BCUT2D eigenvalue weighted by atomic mass is 10.1. The molecule has 3 heterocycles. The Balaban J connectivity index is 1.26. The molecule has 1 aliphatic rings. The molecule has 1 aliphatic heterocycles. The molecular weight excluding hydrogens is 500 g/mol. The minimum atomic E-state index is -0.135. The van der Waals surface area contributed by atoms with Crippen LogP contribution in [0.5, 0.6) is 5.75 Å². The van der Waals surface area contributed by atoms with Crippen molar-refractivity contribution in [3.05, 3.63) is 70.8 Å². The van der Waals surface area contributed by atoms with Crippen LogP contribution in [-0.4, -0.2) is 71.1 Å². The van der Waals surface area contributed by atoms with Gasteiger partial charge >= 0.3 is 0 Å². The van der Waals surface area contributed by atoms with Crippen LogP contribution in [0.3, 0.4) is 0 Å². The van der Waals surface area contributed by atoms with Crippen molar-refractivity contribution in [2.24, 2.45) is 0 Å². The summed E-state index contributed by atoms with van der Waals surface area (Å²) in [5.74, 6) is 1.28. The Hall–Kier alpha value is -3.40. The minimum absolute atomic E-state index is 0.0292. The van der Waals surface area contributed by atoms with E-state index in [0.717, 1.165) is 23.3 Å². The Morgan fingerprint density at radius 3 is 2.65 bits per heavy atom. The molecule has 0 saturated carbocycles. The molecule has 1 fully saturated rings. The highest BCUT2D eigenvalue weighted by Crippen LogP contribution is 2.25. The van der Waals surface area contributed by atoms with Crippen LogP contribution in [0.25, 0.3) is 0 Å². The summed E-state index contributed by atoms with van der Waals surface area (Å²) in [4.78, 5) is 37.8. The maximum atomic E-state index is 13.0. The number of halogens is 1. The van der Waals surface area contributed by atoms with E-state index >= 15 is 0 Å². The van der Waals surface area contributed by atoms with Crippen LogP contribution in [0.1, 0.15) is 27.1 Å². The fourth-order valence-corrected chi connectivity index (χ4v) is 4.21. The number of ether oxygens (including phenoxy) is 1. The summed E-state index contributed by atoms with van der Waals surface area (Å²) < 4.78 is 7.98. The molecule has 34 heavy (non-hydrogen) atoms. The third kappa shape index (κ3) is 5.74. The molecule has 1 N–H and O–H groups in total. The third-order valence-electron chi connectivity index (χ3n) is 5.74. The van der Waals surface area contributed by atoms with Crippen molar-refractivity contribution in [1.29, 1.82) is 0 Å². The van der Waals surface area contributed by atoms with Gasteiger partial charge in [-0.05, 0) is 52.7 Å². The number of amides is 2. The highest BCUT2D eigenvalue weighted by atomic mass is 79.9. The van der Waals surface area contributed by atoms with E-state index < -0.39 is 0 Å². The Bertz CT molecular complexity index is 1110. The van der Waals surface area contributed by atoms with E-state index in [-0.39, 0.29) is 11.8 Å². The number of nitrogens with one attached hydrogen (secondary N) is 1. The number of anilines is 1. The predicted molar refractivity (Wildman–Crippen MR) is 132 cm³/mol. The zero-order chi connectivity index (χ0) is 23.9. The van der Waals surface area contributed by atoms with Gasteiger partial charge in [0.15, 0.2) is 0 Å². The van der Waals surface area contributed by atoms with Crippen molar-refractivity contribution in [2.75, 3.05) is 44.7 Å². The molecule has 0 unspecified atom stereocenters. The standard InChI is InChI=1S/C24H27BrN6O3/c1-34-19-4-5-21(25)20(15-19)24(33)31-13-11-30(12-14-31)22-6-3-18(16-28-22)23(32)27-7-2-9-29-10-8-26-17-29/h3-6,8,10,15-17H,2,7,9,11-14H2,1H3,(H,27,32). The molecule has 2 aromatic heterocycles. The maximum absolute atomic E-state index is 13.0. The molecule has 9 nitrogen and oxygen atoms in total. The van der Waals surface area contributed by atoms with Crippen LogP contribution in [0.2, 0.25) is 0 Å². The number of benzene rings is 1. The summed E-state index contributed by atoms with van der Waals surface area (Å²) in [6.07, 6.45) is 7.83. The number of aromatic nitrogens is 3. The van der Waals surface area contributed by atoms with Crippen LogP contribution in [0, 0.1) is 0 Å². The summed E-state index contributed by atoms with van der Waals surface area (Å²) in [7, 11) is 1.58. The van der Waals surface area contributed by atoms with Crippen molar-refractivity contribution < 1.29 is 14.3 Å².